The van der Waals surface area contributed by atoms with E-state index in [1.807, 2.05) is 60.7 Å². The first-order chi connectivity index (χ1) is 27.9. The van der Waals surface area contributed by atoms with Crippen molar-refractivity contribution in [3.8, 4) is 33.8 Å². The van der Waals surface area contributed by atoms with Crippen LogP contribution in [0, 0.1) is 24.4 Å². The molecular weight excluding hydrogens is 855 g/mol. The molecule has 0 unspecified atom stereocenters. The number of aryl methyl sites for hydroxylation is 1. The summed E-state index contributed by atoms with van der Waals surface area (Å²) in [6.07, 6.45) is 1.24. The van der Waals surface area contributed by atoms with E-state index in [1.54, 1.807) is 39.1 Å². The normalized spacial score (nSPS) is 13.7. The molecule has 0 aliphatic rings. The van der Waals surface area contributed by atoms with Crippen molar-refractivity contribution in [2.45, 2.75) is 60.2 Å². The molecule has 9 rings (SSSR count). The second-order valence-electron chi connectivity index (χ2n) is 15.5. The molecule has 0 fully saturated rings. The van der Waals surface area contributed by atoms with Gasteiger partial charge in [-0.1, -0.05) is 101 Å². The van der Waals surface area contributed by atoms with Crippen LogP contribution in [-0.2, 0) is 31.9 Å². The molecule has 0 saturated carbocycles. The maximum atomic E-state index is 8.48. The second-order valence-corrected chi connectivity index (χ2v) is 15.5. The topological polar surface area (TPSA) is 65.0 Å². The number of fused-ring (bicyclic) bond motifs is 6. The van der Waals surface area contributed by atoms with E-state index in [1.165, 1.54) is 6.20 Å². The van der Waals surface area contributed by atoms with Crippen LogP contribution in [0.15, 0.2) is 130 Å². The van der Waals surface area contributed by atoms with Gasteiger partial charge in [0, 0.05) is 72.2 Å². The molecule has 0 amide bonds. The number of furan rings is 2. The predicted molar refractivity (Wildman–Crippen MR) is 221 cm³/mol. The summed E-state index contributed by atoms with van der Waals surface area (Å²) in [7, 11) is 0. The van der Waals surface area contributed by atoms with Crippen LogP contribution in [0.5, 0.6) is 0 Å². The minimum atomic E-state index is -2.42. The van der Waals surface area contributed by atoms with Gasteiger partial charge in [0.05, 0.1) is 5.58 Å². The molecule has 6 heteroatoms. The van der Waals surface area contributed by atoms with Crippen molar-refractivity contribution < 1.29 is 35.8 Å². The number of pyridine rings is 3. The first kappa shape index (κ1) is 31.9. The molecule has 1 radical (unpaired) electrons. The molecule has 9 aromatic rings. The Hall–Kier alpha value is -5.42. The summed E-state index contributed by atoms with van der Waals surface area (Å²) >= 11 is 0. The van der Waals surface area contributed by atoms with Gasteiger partial charge >= 0.3 is 0 Å². The SMILES string of the molecule is CC(C)(C)c1cc2c(oc3c(-c4ccccn4)[c-]ccc32)c(-c2ccc3c(c2)oc2ccccc23)n1.[2H]C([2H])([2H])c1cnc(-c2[c-]cccc2)cc1C([2H])([2H])C(C)(C)C.[Ir]. The average molecular weight is 903 g/mol. The molecule has 55 heavy (non-hydrogen) atoms. The van der Waals surface area contributed by atoms with Gasteiger partial charge in [-0.2, -0.15) is 0 Å². The van der Waals surface area contributed by atoms with E-state index in [4.69, 9.17) is 20.7 Å². The van der Waals surface area contributed by atoms with Crippen LogP contribution in [0.25, 0.3) is 77.6 Å². The van der Waals surface area contributed by atoms with Crippen molar-refractivity contribution in [2.75, 3.05) is 0 Å². The summed E-state index contributed by atoms with van der Waals surface area (Å²) in [6, 6.07) is 41.6. The monoisotopic (exact) mass is 903 g/mol. The molecule has 0 aliphatic carbocycles. The standard InChI is InChI=1S/C32H23N2O2.C17H20N.Ir/c1-32(2,3)28-18-24-22-10-8-11-23(25-12-6-7-16-33-25)30(22)36-31(24)29(34-28)19-14-15-21-20-9-4-5-13-26(20)35-27(21)17-19;1-13-12-18-16(14-8-6-5-7-9-14)10-15(13)11-17(2,3)4;/h4-10,12-18H,1-3H3;5-8,10,12H,11H2,1-4H3;/q2*-1;/i;1D3,11D2;. The van der Waals surface area contributed by atoms with Crippen LogP contribution in [0.4, 0.5) is 0 Å². The first-order valence-corrected chi connectivity index (χ1v) is 18.0. The molecule has 277 valence electrons. The molecule has 0 atom stereocenters. The van der Waals surface area contributed by atoms with Gasteiger partial charge in [0.1, 0.15) is 22.4 Å². The summed E-state index contributed by atoms with van der Waals surface area (Å²) < 4.78 is 52.8. The zero-order valence-corrected chi connectivity index (χ0v) is 33.9. The Bertz CT molecular complexity index is 2980. The van der Waals surface area contributed by atoms with Crippen LogP contribution in [0.1, 0.15) is 65.2 Å². The number of para-hydroxylation sites is 1. The maximum absolute atomic E-state index is 8.48. The molecule has 5 aromatic heterocycles. The summed E-state index contributed by atoms with van der Waals surface area (Å²) in [5.41, 5.74) is 8.13. The van der Waals surface area contributed by atoms with Crippen molar-refractivity contribution >= 4 is 43.9 Å². The van der Waals surface area contributed by atoms with Gasteiger partial charge in [-0.25, -0.2) is 4.98 Å². The number of hydrogen-bond acceptors (Lipinski definition) is 5. The molecular formula is C49H43IrN3O2-2. The quantitative estimate of drug-likeness (QED) is 0.165. The molecule has 5 nitrogen and oxygen atoms in total. The fourth-order valence-corrected chi connectivity index (χ4v) is 6.56. The van der Waals surface area contributed by atoms with E-state index in [0.29, 0.717) is 11.3 Å². The van der Waals surface area contributed by atoms with E-state index in [2.05, 4.69) is 79.3 Å². The molecule has 5 heterocycles. The fourth-order valence-electron chi connectivity index (χ4n) is 6.56. The van der Waals surface area contributed by atoms with E-state index < -0.39 is 18.6 Å². The van der Waals surface area contributed by atoms with E-state index >= 15 is 0 Å². The average Bonchev–Trinajstić information content (AvgIpc) is 3.78. The van der Waals surface area contributed by atoms with Gasteiger partial charge in [0.2, 0.25) is 0 Å². The molecule has 0 bridgehead atoms. The summed E-state index contributed by atoms with van der Waals surface area (Å²) in [5, 5.41) is 4.27. The van der Waals surface area contributed by atoms with Crippen LogP contribution in [-0.4, -0.2) is 15.0 Å². The Morgan fingerprint density at radius 2 is 1.49 bits per heavy atom. The van der Waals surface area contributed by atoms with Crippen LogP contribution >= 0.6 is 0 Å². The van der Waals surface area contributed by atoms with Gasteiger partial charge in [0.15, 0.2) is 0 Å². The van der Waals surface area contributed by atoms with E-state index in [9.17, 15) is 0 Å². The summed E-state index contributed by atoms with van der Waals surface area (Å²) in [4.78, 5) is 13.9. The van der Waals surface area contributed by atoms with E-state index in [0.717, 1.165) is 72.1 Å². The van der Waals surface area contributed by atoms with Crippen LogP contribution < -0.4 is 0 Å². The Balaban J connectivity index is 0.000000198. The molecule has 0 N–H and O–H groups in total. The molecule has 4 aromatic carbocycles. The molecule has 0 saturated heterocycles. The fraction of sp³-hybridized carbons (Fsp3) is 0.204. The van der Waals surface area contributed by atoms with Gasteiger partial charge < -0.3 is 18.8 Å². The number of rotatable bonds is 4. The van der Waals surface area contributed by atoms with Crippen molar-refractivity contribution in [2.24, 2.45) is 5.41 Å². The number of benzene rings is 4. The minimum absolute atomic E-state index is 0. The Morgan fingerprint density at radius 3 is 2.24 bits per heavy atom. The van der Waals surface area contributed by atoms with E-state index in [-0.39, 0.29) is 36.6 Å². The van der Waals surface area contributed by atoms with Crippen LogP contribution in [0.3, 0.4) is 0 Å². The smallest absolute Gasteiger partial charge is 0.147 e. The predicted octanol–water partition coefficient (Wildman–Crippen LogP) is 13.2. The number of nitrogens with zero attached hydrogens (tertiary/aromatic N) is 3. The second kappa shape index (κ2) is 15.0. The largest absolute Gasteiger partial charge is 0.498 e. The van der Waals surface area contributed by atoms with Crippen molar-refractivity contribution in [3.05, 3.63) is 151 Å². The zero-order chi connectivity index (χ0) is 41.9. The maximum Gasteiger partial charge on any atom is 0.147 e. The Morgan fingerprint density at radius 1 is 0.691 bits per heavy atom. The van der Waals surface area contributed by atoms with Crippen molar-refractivity contribution in [1.82, 2.24) is 15.0 Å². The van der Waals surface area contributed by atoms with Gasteiger partial charge in [-0.15, -0.1) is 54.1 Å². The zero-order valence-electron chi connectivity index (χ0n) is 36.5. The minimum Gasteiger partial charge on any atom is -0.498 e. The van der Waals surface area contributed by atoms with Crippen molar-refractivity contribution in [3.63, 3.8) is 0 Å². The van der Waals surface area contributed by atoms with Gasteiger partial charge in [-0.05, 0) is 65.9 Å². The molecule has 0 spiro atoms. The summed E-state index contributed by atoms with van der Waals surface area (Å²) in [5.74, 6) is 0. The summed E-state index contributed by atoms with van der Waals surface area (Å²) in [6.45, 7) is 9.40. The third-order valence-corrected chi connectivity index (χ3v) is 9.16. The Kier molecular flexibility index (Phi) is 8.70. The number of aromatic nitrogens is 3. The molecule has 0 aliphatic heterocycles. The Labute approximate surface area is 343 Å². The number of hydrogen-bond donors (Lipinski definition) is 0. The van der Waals surface area contributed by atoms with Gasteiger partial charge in [-0.3, -0.25) is 0 Å². The first-order valence-electron chi connectivity index (χ1n) is 20.5. The van der Waals surface area contributed by atoms with Gasteiger partial charge in [0.25, 0.3) is 0 Å². The third kappa shape index (κ3) is 7.76. The third-order valence-electron chi connectivity index (χ3n) is 9.16. The van der Waals surface area contributed by atoms with Crippen molar-refractivity contribution in [1.29, 1.82) is 0 Å². The van der Waals surface area contributed by atoms with Crippen LogP contribution in [0.2, 0.25) is 0 Å².